The number of hydrogen-bond acceptors (Lipinski definition) is 2. The standard InChI is InChI=1S/C17H13Cl2NO2S/c18-15-6-8-17(19)14(9-15)11-20-23(21,22)16-7-5-12-3-1-2-4-13(12)10-16/h1-10,20H,11H2. The summed E-state index contributed by atoms with van der Waals surface area (Å²) in [6.45, 7) is 0.0779. The highest BCUT2D eigenvalue weighted by Gasteiger charge is 2.15. The average molecular weight is 366 g/mol. The van der Waals surface area contributed by atoms with Crippen LogP contribution in [0.5, 0.6) is 0 Å². The molecule has 0 unspecified atom stereocenters. The summed E-state index contributed by atoms with van der Waals surface area (Å²) in [5.74, 6) is 0. The molecule has 1 N–H and O–H groups in total. The first-order valence-corrected chi connectivity index (χ1v) is 9.12. The summed E-state index contributed by atoms with van der Waals surface area (Å²) in [6.07, 6.45) is 0. The van der Waals surface area contributed by atoms with Crippen LogP contribution in [0.2, 0.25) is 10.0 Å². The van der Waals surface area contributed by atoms with Crippen LogP contribution < -0.4 is 4.72 Å². The first-order chi connectivity index (χ1) is 11.0. The number of rotatable bonds is 4. The smallest absolute Gasteiger partial charge is 0.207 e. The molecule has 3 aromatic carbocycles. The number of sulfonamides is 1. The highest BCUT2D eigenvalue weighted by Crippen LogP contribution is 2.22. The monoisotopic (exact) mass is 365 g/mol. The van der Waals surface area contributed by atoms with Crippen molar-refractivity contribution in [1.29, 1.82) is 0 Å². The highest BCUT2D eigenvalue weighted by atomic mass is 35.5. The van der Waals surface area contributed by atoms with E-state index in [0.29, 0.717) is 15.6 Å². The van der Waals surface area contributed by atoms with Gasteiger partial charge in [-0.15, -0.1) is 0 Å². The summed E-state index contributed by atoms with van der Waals surface area (Å²) in [4.78, 5) is 0.217. The molecule has 118 valence electrons. The molecule has 0 amide bonds. The van der Waals surface area contributed by atoms with E-state index in [0.717, 1.165) is 10.8 Å². The number of hydrogen-bond donors (Lipinski definition) is 1. The van der Waals surface area contributed by atoms with Crippen molar-refractivity contribution in [3.63, 3.8) is 0 Å². The molecule has 23 heavy (non-hydrogen) atoms. The summed E-state index contributed by atoms with van der Waals surface area (Å²) < 4.78 is 27.5. The molecule has 0 radical (unpaired) electrons. The molecule has 3 nitrogen and oxygen atoms in total. The van der Waals surface area contributed by atoms with Crippen LogP contribution in [0.1, 0.15) is 5.56 Å². The molecular formula is C17H13Cl2NO2S. The van der Waals surface area contributed by atoms with Crippen LogP contribution in [0, 0.1) is 0 Å². The maximum Gasteiger partial charge on any atom is 0.240 e. The number of fused-ring (bicyclic) bond motifs is 1. The number of benzene rings is 3. The van der Waals surface area contributed by atoms with Crippen LogP contribution in [0.15, 0.2) is 65.6 Å². The zero-order valence-corrected chi connectivity index (χ0v) is 14.3. The maximum atomic E-state index is 12.5. The van der Waals surface area contributed by atoms with Gasteiger partial charge in [-0.05, 0) is 46.7 Å². The Balaban J connectivity index is 1.87. The minimum absolute atomic E-state index is 0.0779. The van der Waals surface area contributed by atoms with E-state index in [9.17, 15) is 8.42 Å². The summed E-state index contributed by atoms with van der Waals surface area (Å²) in [6, 6.07) is 17.6. The van der Waals surface area contributed by atoms with Crippen LogP contribution in [-0.4, -0.2) is 8.42 Å². The van der Waals surface area contributed by atoms with Gasteiger partial charge in [-0.25, -0.2) is 13.1 Å². The lowest BCUT2D eigenvalue weighted by Gasteiger charge is -2.09. The third-order valence-corrected chi connectivity index (χ3v) is 5.49. The fourth-order valence-corrected chi connectivity index (χ4v) is 3.69. The summed E-state index contributed by atoms with van der Waals surface area (Å²) in [7, 11) is -3.63. The Kier molecular flexibility index (Phi) is 4.60. The van der Waals surface area contributed by atoms with Crippen molar-refractivity contribution in [2.45, 2.75) is 11.4 Å². The SMILES string of the molecule is O=S(=O)(NCc1cc(Cl)ccc1Cl)c1ccc2ccccc2c1. The summed E-state index contributed by atoms with van der Waals surface area (Å²) in [5, 5.41) is 2.84. The van der Waals surface area contributed by atoms with Crippen molar-refractivity contribution >= 4 is 44.0 Å². The fraction of sp³-hybridized carbons (Fsp3) is 0.0588. The van der Waals surface area contributed by atoms with E-state index < -0.39 is 10.0 Å². The lowest BCUT2D eigenvalue weighted by atomic mass is 10.1. The van der Waals surface area contributed by atoms with E-state index in [4.69, 9.17) is 23.2 Å². The minimum Gasteiger partial charge on any atom is -0.207 e. The molecule has 0 heterocycles. The van der Waals surface area contributed by atoms with Crippen LogP contribution in [0.4, 0.5) is 0 Å². The molecule has 0 spiro atoms. The van der Waals surface area contributed by atoms with Gasteiger partial charge in [0.25, 0.3) is 0 Å². The molecule has 0 aromatic heterocycles. The van der Waals surface area contributed by atoms with Crippen LogP contribution in [0.3, 0.4) is 0 Å². The summed E-state index contributed by atoms with van der Waals surface area (Å²) in [5.41, 5.74) is 0.628. The van der Waals surface area contributed by atoms with Crippen LogP contribution in [-0.2, 0) is 16.6 Å². The molecule has 3 rings (SSSR count). The maximum absolute atomic E-state index is 12.5. The van der Waals surface area contributed by atoms with E-state index in [1.807, 2.05) is 24.3 Å². The lowest BCUT2D eigenvalue weighted by Crippen LogP contribution is -2.23. The van der Waals surface area contributed by atoms with Gasteiger partial charge >= 0.3 is 0 Å². The highest BCUT2D eigenvalue weighted by molar-refractivity contribution is 7.89. The zero-order chi connectivity index (χ0) is 16.4. The zero-order valence-electron chi connectivity index (χ0n) is 12.0. The van der Waals surface area contributed by atoms with Crippen molar-refractivity contribution in [3.05, 3.63) is 76.3 Å². The first kappa shape index (κ1) is 16.3. The van der Waals surface area contributed by atoms with E-state index in [-0.39, 0.29) is 11.4 Å². The molecule has 6 heteroatoms. The first-order valence-electron chi connectivity index (χ1n) is 6.88. The molecule has 0 aliphatic rings. The molecule has 0 fully saturated rings. The van der Waals surface area contributed by atoms with Gasteiger partial charge in [0.2, 0.25) is 10.0 Å². The fourth-order valence-electron chi connectivity index (χ4n) is 2.27. The normalized spacial score (nSPS) is 11.7. The van der Waals surface area contributed by atoms with Gasteiger partial charge in [-0.1, -0.05) is 53.5 Å². The Bertz CT molecular complexity index is 971. The minimum atomic E-state index is -3.63. The third-order valence-electron chi connectivity index (χ3n) is 3.49. The molecule has 0 saturated heterocycles. The van der Waals surface area contributed by atoms with Gasteiger partial charge in [0, 0.05) is 16.6 Å². The second-order valence-corrected chi connectivity index (χ2v) is 7.68. The Morgan fingerprint density at radius 1 is 0.870 bits per heavy atom. The predicted octanol–water partition coefficient (Wildman–Crippen LogP) is 4.63. The molecule has 0 aliphatic carbocycles. The van der Waals surface area contributed by atoms with E-state index >= 15 is 0 Å². The average Bonchev–Trinajstić information content (AvgIpc) is 2.55. The molecule has 0 atom stereocenters. The predicted molar refractivity (Wildman–Crippen MR) is 94.4 cm³/mol. The van der Waals surface area contributed by atoms with E-state index in [1.165, 1.54) is 0 Å². The molecule has 0 bridgehead atoms. The van der Waals surface area contributed by atoms with Crippen molar-refractivity contribution < 1.29 is 8.42 Å². The second-order valence-electron chi connectivity index (χ2n) is 5.07. The Morgan fingerprint density at radius 3 is 2.39 bits per heavy atom. The topological polar surface area (TPSA) is 46.2 Å². The van der Waals surface area contributed by atoms with Gasteiger partial charge in [-0.2, -0.15) is 0 Å². The third kappa shape index (κ3) is 3.67. The van der Waals surface area contributed by atoms with Gasteiger partial charge in [0.15, 0.2) is 0 Å². The molecular weight excluding hydrogens is 353 g/mol. The molecule has 0 saturated carbocycles. The van der Waals surface area contributed by atoms with Gasteiger partial charge < -0.3 is 0 Å². The quantitative estimate of drug-likeness (QED) is 0.732. The van der Waals surface area contributed by atoms with Crippen molar-refractivity contribution in [2.24, 2.45) is 0 Å². The largest absolute Gasteiger partial charge is 0.240 e. The number of nitrogens with one attached hydrogen (secondary N) is 1. The second kappa shape index (κ2) is 6.49. The van der Waals surface area contributed by atoms with Gasteiger partial charge in [-0.3, -0.25) is 0 Å². The molecule has 0 aliphatic heterocycles. The summed E-state index contributed by atoms with van der Waals surface area (Å²) >= 11 is 12.0. The van der Waals surface area contributed by atoms with Crippen molar-refractivity contribution in [3.8, 4) is 0 Å². The van der Waals surface area contributed by atoms with Crippen molar-refractivity contribution in [2.75, 3.05) is 0 Å². The van der Waals surface area contributed by atoms with Gasteiger partial charge in [0.1, 0.15) is 0 Å². The van der Waals surface area contributed by atoms with Gasteiger partial charge in [0.05, 0.1) is 4.90 Å². The lowest BCUT2D eigenvalue weighted by molar-refractivity contribution is 0.581. The number of halogens is 2. The Labute approximate surface area is 144 Å². The van der Waals surface area contributed by atoms with Crippen LogP contribution in [0.25, 0.3) is 10.8 Å². The van der Waals surface area contributed by atoms with Crippen LogP contribution >= 0.6 is 23.2 Å². The van der Waals surface area contributed by atoms with E-state index in [1.54, 1.807) is 36.4 Å². The van der Waals surface area contributed by atoms with Crippen molar-refractivity contribution in [1.82, 2.24) is 4.72 Å². The Morgan fingerprint density at radius 2 is 1.61 bits per heavy atom. The molecule has 3 aromatic rings. The van der Waals surface area contributed by atoms with E-state index in [2.05, 4.69) is 4.72 Å². The Hall–Kier alpha value is -1.59.